The first-order valence-corrected chi connectivity index (χ1v) is 8.63. The third kappa shape index (κ3) is 3.60. The third-order valence-corrected chi connectivity index (χ3v) is 4.54. The van der Waals surface area contributed by atoms with E-state index < -0.39 is 10.0 Å². The number of fused-ring (bicyclic) bond motifs is 1. The summed E-state index contributed by atoms with van der Waals surface area (Å²) >= 11 is 0. The fourth-order valence-electron chi connectivity index (χ4n) is 2.19. The molecule has 7 nitrogen and oxygen atoms in total. The van der Waals surface area contributed by atoms with Gasteiger partial charge in [0.25, 0.3) is 0 Å². The van der Waals surface area contributed by atoms with Crippen LogP contribution in [0.3, 0.4) is 0 Å². The Labute approximate surface area is 139 Å². The summed E-state index contributed by atoms with van der Waals surface area (Å²) in [5, 5.41) is 2.57. The molecular weight excluding hydrogens is 332 g/mol. The maximum atomic E-state index is 12.4. The van der Waals surface area contributed by atoms with Crippen LogP contribution in [-0.2, 0) is 14.8 Å². The van der Waals surface area contributed by atoms with E-state index in [2.05, 4.69) is 10.0 Å². The first-order chi connectivity index (χ1) is 11.4. The van der Waals surface area contributed by atoms with Gasteiger partial charge in [-0.15, -0.1) is 5.69 Å². The average molecular weight is 347 g/mol. The lowest BCUT2D eigenvalue weighted by Gasteiger charge is -2.25. The molecule has 2 aromatic rings. The molecule has 0 fully saturated rings. The van der Waals surface area contributed by atoms with Crippen molar-refractivity contribution < 1.29 is 22.7 Å². The molecular formula is C16H15N2O5S-. The Balaban J connectivity index is 1.79. The number of hydrogen-bond donors (Lipinski definition) is 1. The van der Waals surface area contributed by atoms with Gasteiger partial charge in [0, 0.05) is 12.6 Å². The molecule has 126 valence electrons. The zero-order valence-corrected chi connectivity index (χ0v) is 13.7. The molecule has 0 atom stereocenters. The van der Waals surface area contributed by atoms with Crippen molar-refractivity contribution in [1.29, 1.82) is 0 Å². The Morgan fingerprint density at radius 3 is 2.38 bits per heavy atom. The molecule has 1 aliphatic heterocycles. The Hall–Kier alpha value is -2.74. The summed E-state index contributed by atoms with van der Waals surface area (Å²) in [6.07, 6.45) is 0. The number of anilines is 1. The maximum absolute atomic E-state index is 12.4. The van der Waals surface area contributed by atoms with Crippen LogP contribution in [-0.4, -0.2) is 27.5 Å². The van der Waals surface area contributed by atoms with Gasteiger partial charge in [-0.3, -0.25) is 4.79 Å². The summed E-state index contributed by atoms with van der Waals surface area (Å²) in [5.74, 6) is 0.808. The standard InChI is InChI=1S/C16H15N2O5S/c1-11(19)17-12-2-5-14(6-3-12)24(20,21)18-13-4-7-15-16(10-13)23-9-8-22-15/h2-7,10H,8-9H2,1H3,(H,17,19)/q-1. The van der Waals surface area contributed by atoms with Crippen molar-refractivity contribution in [3.8, 4) is 11.5 Å². The minimum Gasteiger partial charge on any atom is -0.573 e. The number of nitrogens with zero attached hydrogens (tertiary/aromatic N) is 1. The molecule has 1 heterocycles. The van der Waals surface area contributed by atoms with Crippen molar-refractivity contribution in [3.05, 3.63) is 47.2 Å². The molecule has 24 heavy (non-hydrogen) atoms. The highest BCUT2D eigenvalue weighted by Crippen LogP contribution is 2.37. The van der Waals surface area contributed by atoms with Crippen molar-refractivity contribution in [2.75, 3.05) is 18.5 Å². The second kappa shape index (κ2) is 6.40. The van der Waals surface area contributed by atoms with E-state index >= 15 is 0 Å². The van der Waals surface area contributed by atoms with Crippen molar-refractivity contribution in [2.24, 2.45) is 0 Å². The van der Waals surface area contributed by atoms with E-state index in [-0.39, 0.29) is 16.5 Å². The molecule has 2 aromatic carbocycles. The number of rotatable bonds is 4. The van der Waals surface area contributed by atoms with Gasteiger partial charge in [0.15, 0.2) is 11.5 Å². The van der Waals surface area contributed by atoms with Gasteiger partial charge in [0.1, 0.15) is 23.2 Å². The number of carbonyl (C=O) groups excluding carboxylic acids is 1. The van der Waals surface area contributed by atoms with Gasteiger partial charge in [-0.05, 0) is 36.4 Å². The zero-order valence-electron chi connectivity index (χ0n) is 12.9. The van der Waals surface area contributed by atoms with E-state index in [0.717, 1.165) is 0 Å². The first kappa shape index (κ1) is 16.1. The van der Waals surface area contributed by atoms with E-state index in [1.165, 1.54) is 37.3 Å². The summed E-state index contributed by atoms with van der Waals surface area (Å²) in [6.45, 7) is 2.25. The topological polar surface area (TPSA) is 95.8 Å². The van der Waals surface area contributed by atoms with E-state index in [0.29, 0.717) is 30.4 Å². The average Bonchev–Trinajstić information content (AvgIpc) is 2.54. The van der Waals surface area contributed by atoms with Crippen molar-refractivity contribution in [3.63, 3.8) is 0 Å². The zero-order chi connectivity index (χ0) is 17.2. The van der Waals surface area contributed by atoms with Crippen LogP contribution in [0.4, 0.5) is 11.4 Å². The van der Waals surface area contributed by atoms with Crippen molar-refractivity contribution in [1.82, 2.24) is 0 Å². The van der Waals surface area contributed by atoms with Gasteiger partial charge in [-0.2, -0.15) is 0 Å². The van der Waals surface area contributed by atoms with Crippen LogP contribution < -0.4 is 14.8 Å². The van der Waals surface area contributed by atoms with Crippen LogP contribution in [0.5, 0.6) is 11.5 Å². The van der Waals surface area contributed by atoms with Crippen LogP contribution in [0.25, 0.3) is 4.72 Å². The summed E-state index contributed by atoms with van der Waals surface area (Å²) in [5.41, 5.74) is 0.769. The van der Waals surface area contributed by atoms with Gasteiger partial charge in [0.2, 0.25) is 5.91 Å². The molecule has 8 heteroatoms. The van der Waals surface area contributed by atoms with E-state index in [1.54, 1.807) is 12.1 Å². The molecule has 0 saturated carbocycles. The Bertz CT molecular complexity index is 863. The Morgan fingerprint density at radius 2 is 1.71 bits per heavy atom. The minimum absolute atomic E-state index is 0.0338. The molecule has 1 aliphatic rings. The third-order valence-electron chi connectivity index (χ3n) is 3.22. The summed E-state index contributed by atoms with van der Waals surface area (Å²) in [4.78, 5) is 11.0. The highest BCUT2D eigenvalue weighted by molar-refractivity contribution is 7.94. The minimum atomic E-state index is -3.87. The van der Waals surface area contributed by atoms with Crippen molar-refractivity contribution in [2.45, 2.75) is 11.8 Å². The largest absolute Gasteiger partial charge is 0.573 e. The lowest BCUT2D eigenvalue weighted by atomic mass is 10.3. The lowest BCUT2D eigenvalue weighted by Crippen LogP contribution is -2.15. The smallest absolute Gasteiger partial charge is 0.221 e. The number of amides is 1. The van der Waals surface area contributed by atoms with E-state index in [4.69, 9.17) is 9.47 Å². The highest BCUT2D eigenvalue weighted by atomic mass is 32.2. The van der Waals surface area contributed by atoms with Crippen LogP contribution >= 0.6 is 0 Å². The summed E-state index contributed by atoms with van der Waals surface area (Å²) in [6, 6.07) is 10.5. The van der Waals surface area contributed by atoms with Crippen LogP contribution in [0.15, 0.2) is 47.4 Å². The number of hydrogen-bond acceptors (Lipinski definition) is 5. The van der Waals surface area contributed by atoms with Gasteiger partial charge >= 0.3 is 0 Å². The summed E-state index contributed by atoms with van der Waals surface area (Å²) < 4.78 is 39.4. The number of sulfonamides is 1. The number of benzene rings is 2. The molecule has 0 aromatic heterocycles. The van der Waals surface area contributed by atoms with Gasteiger partial charge in [-0.1, -0.05) is 6.07 Å². The fourth-order valence-corrected chi connectivity index (χ4v) is 3.17. The van der Waals surface area contributed by atoms with Gasteiger partial charge in [-0.25, -0.2) is 8.42 Å². The Morgan fingerprint density at radius 1 is 1.04 bits per heavy atom. The Kier molecular flexibility index (Phi) is 4.30. The molecule has 1 amide bonds. The quantitative estimate of drug-likeness (QED) is 0.917. The molecule has 0 saturated heterocycles. The molecule has 1 N–H and O–H groups in total. The SMILES string of the molecule is CC(=O)Nc1ccc(S(=O)(=O)[N-]c2ccc3c(c2)OCCO3)cc1. The lowest BCUT2D eigenvalue weighted by molar-refractivity contribution is -0.114. The fraction of sp³-hybridized carbons (Fsp3) is 0.188. The predicted octanol–water partition coefficient (Wildman–Crippen LogP) is 2.81. The van der Waals surface area contributed by atoms with Gasteiger partial charge < -0.3 is 19.5 Å². The number of carbonyl (C=O) groups is 1. The molecule has 0 spiro atoms. The van der Waals surface area contributed by atoms with E-state index in [9.17, 15) is 13.2 Å². The van der Waals surface area contributed by atoms with Crippen LogP contribution in [0, 0.1) is 0 Å². The molecule has 0 bridgehead atoms. The first-order valence-electron chi connectivity index (χ1n) is 7.19. The second-order valence-corrected chi connectivity index (χ2v) is 6.70. The molecule has 0 aliphatic carbocycles. The molecule has 0 radical (unpaired) electrons. The van der Waals surface area contributed by atoms with Gasteiger partial charge in [0.05, 0.1) is 4.90 Å². The normalized spacial score (nSPS) is 13.2. The number of ether oxygens (including phenoxy) is 2. The summed E-state index contributed by atoms with van der Waals surface area (Å²) in [7, 11) is -3.87. The van der Waals surface area contributed by atoms with Crippen LogP contribution in [0.1, 0.15) is 6.92 Å². The number of nitrogens with one attached hydrogen (secondary N) is 1. The second-order valence-electron chi connectivity index (χ2n) is 5.10. The van der Waals surface area contributed by atoms with Crippen LogP contribution in [0.2, 0.25) is 0 Å². The van der Waals surface area contributed by atoms with Crippen molar-refractivity contribution >= 4 is 27.3 Å². The predicted molar refractivity (Wildman–Crippen MR) is 88.4 cm³/mol. The molecule has 0 unspecified atom stereocenters. The monoisotopic (exact) mass is 347 g/mol. The maximum Gasteiger partial charge on any atom is 0.221 e. The molecule has 3 rings (SSSR count). The highest BCUT2D eigenvalue weighted by Gasteiger charge is 2.11. The van der Waals surface area contributed by atoms with E-state index in [1.807, 2.05) is 0 Å².